The number of rotatable bonds is 6. The van der Waals surface area contributed by atoms with Gasteiger partial charge in [0.05, 0.1) is 21.8 Å². The summed E-state index contributed by atoms with van der Waals surface area (Å²) in [5.74, 6) is -0.488. The predicted octanol–water partition coefficient (Wildman–Crippen LogP) is 4.01. The maximum absolute atomic E-state index is 12.6. The fraction of sp³-hybridized carbons (Fsp3) is 0.316. The first-order valence-electron chi connectivity index (χ1n) is 8.74. The van der Waals surface area contributed by atoms with E-state index in [4.69, 9.17) is 27.9 Å². The Morgan fingerprint density at radius 2 is 1.96 bits per heavy atom. The van der Waals surface area contributed by atoms with Crippen molar-refractivity contribution in [3.05, 3.63) is 57.6 Å². The molecule has 1 aliphatic heterocycles. The van der Waals surface area contributed by atoms with Gasteiger partial charge in [0.15, 0.2) is 0 Å². The first-order valence-corrected chi connectivity index (χ1v) is 11.0. The molecule has 1 atom stereocenters. The van der Waals surface area contributed by atoms with Crippen molar-refractivity contribution in [3.63, 3.8) is 0 Å². The highest BCUT2D eigenvalue weighted by atomic mass is 35.5. The van der Waals surface area contributed by atoms with Crippen LogP contribution in [0.25, 0.3) is 0 Å². The lowest BCUT2D eigenvalue weighted by Crippen LogP contribution is -2.32. The van der Waals surface area contributed by atoms with E-state index < -0.39 is 15.9 Å². The molecule has 0 spiro atoms. The smallest absolute Gasteiger partial charge is 0.255 e. The molecule has 150 valence electrons. The standard InChI is InChI=1S/C19H20Cl2N2O4S/c1-12-4-7-17(16(21)9-12)23-19(24)13-5-6-15(20)18(10-13)28(25,26)22-11-14-3-2-8-27-14/h4-7,9-10,14,22H,2-3,8,11H2,1H3,(H,23,24)/t14-/m0/s1. The Hall–Kier alpha value is -1.64. The lowest BCUT2D eigenvalue weighted by atomic mass is 10.2. The van der Waals surface area contributed by atoms with Gasteiger partial charge in [-0.15, -0.1) is 0 Å². The molecule has 0 radical (unpaired) electrons. The summed E-state index contributed by atoms with van der Waals surface area (Å²) in [4.78, 5) is 12.4. The summed E-state index contributed by atoms with van der Waals surface area (Å²) < 4.78 is 33.2. The van der Waals surface area contributed by atoms with E-state index in [1.807, 2.05) is 13.0 Å². The molecule has 0 aromatic heterocycles. The van der Waals surface area contributed by atoms with Crippen molar-refractivity contribution in [2.75, 3.05) is 18.5 Å². The molecule has 1 heterocycles. The SMILES string of the molecule is Cc1ccc(NC(=O)c2ccc(Cl)c(S(=O)(=O)NC[C@@H]3CCCO3)c2)c(Cl)c1. The van der Waals surface area contributed by atoms with Crippen LogP contribution in [-0.4, -0.2) is 33.6 Å². The molecule has 0 unspecified atom stereocenters. The lowest BCUT2D eigenvalue weighted by molar-refractivity contribution is 0.102. The second-order valence-electron chi connectivity index (χ2n) is 6.57. The minimum atomic E-state index is -3.89. The van der Waals surface area contributed by atoms with E-state index >= 15 is 0 Å². The number of carbonyl (C=O) groups excluding carboxylic acids is 1. The average Bonchev–Trinajstić information content (AvgIpc) is 3.16. The third kappa shape index (κ3) is 5.04. The van der Waals surface area contributed by atoms with Gasteiger partial charge >= 0.3 is 0 Å². The van der Waals surface area contributed by atoms with Crippen molar-refractivity contribution in [2.24, 2.45) is 0 Å². The van der Waals surface area contributed by atoms with Crippen molar-refractivity contribution < 1.29 is 17.9 Å². The third-order valence-corrected chi connectivity index (χ3v) is 6.60. The Labute approximate surface area is 174 Å². The van der Waals surface area contributed by atoms with Gasteiger partial charge < -0.3 is 10.1 Å². The van der Waals surface area contributed by atoms with Crippen molar-refractivity contribution in [1.29, 1.82) is 0 Å². The Balaban J connectivity index is 1.78. The number of anilines is 1. The average molecular weight is 443 g/mol. The number of hydrogen-bond acceptors (Lipinski definition) is 4. The van der Waals surface area contributed by atoms with Gasteiger partial charge in [0.25, 0.3) is 5.91 Å². The maximum atomic E-state index is 12.6. The van der Waals surface area contributed by atoms with Crippen molar-refractivity contribution in [2.45, 2.75) is 30.8 Å². The fourth-order valence-electron chi connectivity index (χ4n) is 2.85. The van der Waals surface area contributed by atoms with Gasteiger partial charge in [0.2, 0.25) is 10.0 Å². The Morgan fingerprint density at radius 3 is 2.64 bits per heavy atom. The fourth-order valence-corrected chi connectivity index (χ4v) is 4.72. The van der Waals surface area contributed by atoms with E-state index in [1.165, 1.54) is 18.2 Å². The van der Waals surface area contributed by atoms with Gasteiger partial charge in [0, 0.05) is 18.7 Å². The highest BCUT2D eigenvalue weighted by Gasteiger charge is 2.23. The number of amides is 1. The molecule has 1 saturated heterocycles. The van der Waals surface area contributed by atoms with Gasteiger partial charge in [-0.25, -0.2) is 13.1 Å². The number of nitrogens with one attached hydrogen (secondary N) is 2. The first-order chi connectivity index (χ1) is 13.3. The van der Waals surface area contributed by atoms with Gasteiger partial charge in [0.1, 0.15) is 4.90 Å². The molecule has 3 rings (SSSR count). The molecular weight excluding hydrogens is 423 g/mol. The third-order valence-electron chi connectivity index (χ3n) is 4.38. The Bertz CT molecular complexity index is 989. The van der Waals surface area contributed by atoms with Crippen molar-refractivity contribution >= 4 is 44.8 Å². The number of sulfonamides is 1. The van der Waals surface area contributed by atoms with Crippen LogP contribution in [0.2, 0.25) is 10.0 Å². The molecule has 6 nitrogen and oxygen atoms in total. The quantitative estimate of drug-likeness (QED) is 0.707. The second kappa shape index (κ2) is 8.80. The molecule has 28 heavy (non-hydrogen) atoms. The summed E-state index contributed by atoms with van der Waals surface area (Å²) in [6.45, 7) is 2.68. The summed E-state index contributed by atoms with van der Waals surface area (Å²) in [6, 6.07) is 9.31. The molecule has 2 N–H and O–H groups in total. The van der Waals surface area contributed by atoms with E-state index in [0.717, 1.165) is 18.4 Å². The molecule has 1 aliphatic rings. The van der Waals surface area contributed by atoms with Crippen LogP contribution in [0.15, 0.2) is 41.3 Å². The summed E-state index contributed by atoms with van der Waals surface area (Å²) in [5.41, 5.74) is 1.55. The zero-order valence-electron chi connectivity index (χ0n) is 15.2. The number of aryl methyl sites for hydroxylation is 1. The van der Waals surface area contributed by atoms with Gasteiger partial charge in [-0.1, -0.05) is 29.3 Å². The number of hydrogen-bond donors (Lipinski definition) is 2. The van der Waals surface area contributed by atoms with Crippen LogP contribution >= 0.6 is 23.2 Å². The van der Waals surface area contributed by atoms with Crippen molar-refractivity contribution in [1.82, 2.24) is 4.72 Å². The molecule has 1 fully saturated rings. The van der Waals surface area contributed by atoms with Gasteiger partial charge in [-0.3, -0.25) is 4.79 Å². The highest BCUT2D eigenvalue weighted by Crippen LogP contribution is 2.26. The van der Waals surface area contributed by atoms with Crippen molar-refractivity contribution in [3.8, 4) is 0 Å². The van der Waals surface area contributed by atoms with Crippen LogP contribution in [0.4, 0.5) is 5.69 Å². The summed E-state index contributed by atoms with van der Waals surface area (Å²) in [5, 5.41) is 3.11. The lowest BCUT2D eigenvalue weighted by Gasteiger charge is -2.13. The van der Waals surface area contributed by atoms with Crippen LogP contribution < -0.4 is 10.0 Å². The monoisotopic (exact) mass is 442 g/mol. The van der Waals surface area contributed by atoms with Gasteiger partial charge in [-0.2, -0.15) is 0 Å². The summed E-state index contributed by atoms with van der Waals surface area (Å²) in [6.07, 6.45) is 1.56. The van der Waals surface area contributed by atoms with Crippen LogP contribution in [0, 0.1) is 6.92 Å². The Morgan fingerprint density at radius 1 is 1.18 bits per heavy atom. The Kier molecular flexibility index (Phi) is 6.62. The first kappa shape index (κ1) is 21.1. The number of ether oxygens (including phenoxy) is 1. The minimum Gasteiger partial charge on any atom is -0.377 e. The van der Waals surface area contributed by atoms with E-state index in [2.05, 4.69) is 10.0 Å². The van der Waals surface area contributed by atoms with Crippen LogP contribution in [0.1, 0.15) is 28.8 Å². The minimum absolute atomic E-state index is 0.0322. The highest BCUT2D eigenvalue weighted by molar-refractivity contribution is 7.89. The number of halogens is 2. The number of carbonyl (C=O) groups is 1. The van der Waals surface area contributed by atoms with E-state index in [9.17, 15) is 13.2 Å². The second-order valence-corrected chi connectivity index (χ2v) is 9.12. The van der Waals surface area contributed by atoms with Crippen LogP contribution in [-0.2, 0) is 14.8 Å². The molecule has 0 bridgehead atoms. The summed E-state index contributed by atoms with van der Waals surface area (Å²) in [7, 11) is -3.89. The molecule has 0 saturated carbocycles. The van der Waals surface area contributed by atoms with E-state index in [-0.39, 0.29) is 28.1 Å². The van der Waals surface area contributed by atoms with E-state index in [1.54, 1.807) is 12.1 Å². The molecular formula is C19H20Cl2N2O4S. The molecule has 2 aromatic carbocycles. The zero-order chi connectivity index (χ0) is 20.3. The zero-order valence-corrected chi connectivity index (χ0v) is 17.5. The van der Waals surface area contributed by atoms with Crippen LogP contribution in [0.5, 0.6) is 0 Å². The normalized spacial score (nSPS) is 16.9. The van der Waals surface area contributed by atoms with E-state index in [0.29, 0.717) is 17.3 Å². The molecule has 1 amide bonds. The molecule has 0 aliphatic carbocycles. The van der Waals surface area contributed by atoms with Crippen LogP contribution in [0.3, 0.4) is 0 Å². The maximum Gasteiger partial charge on any atom is 0.255 e. The summed E-state index contributed by atoms with van der Waals surface area (Å²) >= 11 is 12.2. The molecule has 9 heteroatoms. The largest absolute Gasteiger partial charge is 0.377 e. The molecule has 2 aromatic rings. The van der Waals surface area contributed by atoms with Gasteiger partial charge in [-0.05, 0) is 55.7 Å². The predicted molar refractivity (Wildman–Crippen MR) is 110 cm³/mol. The number of benzene rings is 2. The topological polar surface area (TPSA) is 84.5 Å².